The number of nitrogens with zero attached hydrogens (tertiary/aromatic N) is 2. The summed E-state index contributed by atoms with van der Waals surface area (Å²) in [6.45, 7) is 2.41. The van der Waals surface area contributed by atoms with E-state index in [-0.39, 0.29) is 16.7 Å². The van der Waals surface area contributed by atoms with Crippen LogP contribution in [0.4, 0.5) is 11.4 Å². The van der Waals surface area contributed by atoms with Crippen LogP contribution in [0.1, 0.15) is 18.4 Å². The zero-order chi connectivity index (χ0) is 16.1. The number of nitro groups is 1. The number of hydrogen-bond acceptors (Lipinski definition) is 4. The van der Waals surface area contributed by atoms with E-state index in [2.05, 4.69) is 17.0 Å². The van der Waals surface area contributed by atoms with Crippen molar-refractivity contribution in [2.24, 2.45) is 0 Å². The van der Waals surface area contributed by atoms with Gasteiger partial charge in [0.25, 0.3) is 5.69 Å². The molecule has 1 heterocycles. The Kier molecular flexibility index (Phi) is 4.88. The molecule has 0 amide bonds. The predicted molar refractivity (Wildman–Crippen MR) is 89.6 cm³/mol. The highest BCUT2D eigenvalue weighted by molar-refractivity contribution is 5.51. The number of hydrogen-bond donors (Lipinski definition) is 0. The first-order chi connectivity index (χ1) is 11.2. The Morgan fingerprint density at radius 3 is 2.57 bits per heavy atom. The molecule has 0 aromatic heterocycles. The minimum Gasteiger partial charge on any atom is -0.372 e. The molecule has 5 nitrogen and oxygen atoms in total. The molecule has 2 aromatic carbocycles. The lowest BCUT2D eigenvalue weighted by Crippen LogP contribution is -2.39. The van der Waals surface area contributed by atoms with Crippen LogP contribution in [-0.4, -0.2) is 24.1 Å². The second kappa shape index (κ2) is 7.24. The third-order valence-corrected chi connectivity index (χ3v) is 4.13. The van der Waals surface area contributed by atoms with Gasteiger partial charge in [0.2, 0.25) is 0 Å². The molecule has 1 fully saturated rings. The smallest absolute Gasteiger partial charge is 0.269 e. The van der Waals surface area contributed by atoms with Gasteiger partial charge in [-0.25, -0.2) is 0 Å². The SMILES string of the molecule is O=[N+]([O-])c1ccc(N2CCCC(OCc3ccccc3)C2)cc1. The summed E-state index contributed by atoms with van der Waals surface area (Å²) < 4.78 is 6.03. The fourth-order valence-corrected chi connectivity index (χ4v) is 2.88. The topological polar surface area (TPSA) is 55.6 Å². The Balaban J connectivity index is 1.58. The second-order valence-electron chi connectivity index (χ2n) is 5.78. The molecule has 3 rings (SSSR count). The van der Waals surface area contributed by atoms with Crippen molar-refractivity contribution in [1.82, 2.24) is 0 Å². The van der Waals surface area contributed by atoms with Crippen LogP contribution in [0.5, 0.6) is 0 Å². The molecule has 120 valence electrons. The van der Waals surface area contributed by atoms with Gasteiger partial charge in [-0.05, 0) is 30.5 Å². The fraction of sp³-hybridized carbons (Fsp3) is 0.333. The average Bonchev–Trinajstić information content (AvgIpc) is 2.61. The summed E-state index contributed by atoms with van der Waals surface area (Å²) in [6.07, 6.45) is 2.31. The van der Waals surface area contributed by atoms with Crippen LogP contribution in [0, 0.1) is 10.1 Å². The van der Waals surface area contributed by atoms with Gasteiger partial charge in [0.05, 0.1) is 17.6 Å². The van der Waals surface area contributed by atoms with E-state index in [0.29, 0.717) is 6.61 Å². The van der Waals surface area contributed by atoms with Crippen LogP contribution in [0.2, 0.25) is 0 Å². The van der Waals surface area contributed by atoms with Crippen LogP contribution in [0.25, 0.3) is 0 Å². The normalized spacial score (nSPS) is 17.9. The van der Waals surface area contributed by atoms with E-state index in [4.69, 9.17) is 4.74 Å². The number of rotatable bonds is 5. The first kappa shape index (κ1) is 15.5. The summed E-state index contributed by atoms with van der Waals surface area (Å²) in [5.74, 6) is 0. The van der Waals surface area contributed by atoms with E-state index in [1.807, 2.05) is 30.3 Å². The zero-order valence-electron chi connectivity index (χ0n) is 12.9. The molecule has 5 heteroatoms. The lowest BCUT2D eigenvalue weighted by atomic mass is 10.1. The molecule has 0 N–H and O–H groups in total. The number of anilines is 1. The average molecular weight is 312 g/mol. The van der Waals surface area contributed by atoms with Gasteiger partial charge in [-0.1, -0.05) is 30.3 Å². The van der Waals surface area contributed by atoms with E-state index < -0.39 is 0 Å². The van der Waals surface area contributed by atoms with Crippen LogP contribution >= 0.6 is 0 Å². The minimum absolute atomic E-state index is 0.127. The molecule has 1 aliphatic heterocycles. The maximum absolute atomic E-state index is 10.7. The van der Waals surface area contributed by atoms with Gasteiger partial charge >= 0.3 is 0 Å². The molecular weight excluding hydrogens is 292 g/mol. The van der Waals surface area contributed by atoms with Crippen LogP contribution in [-0.2, 0) is 11.3 Å². The van der Waals surface area contributed by atoms with Gasteiger partial charge in [0, 0.05) is 30.9 Å². The van der Waals surface area contributed by atoms with Crippen LogP contribution < -0.4 is 4.90 Å². The lowest BCUT2D eigenvalue weighted by molar-refractivity contribution is -0.384. The zero-order valence-corrected chi connectivity index (χ0v) is 12.9. The van der Waals surface area contributed by atoms with Gasteiger partial charge in [-0.15, -0.1) is 0 Å². The molecule has 0 radical (unpaired) electrons. The number of ether oxygens (including phenoxy) is 1. The van der Waals surface area contributed by atoms with E-state index in [1.54, 1.807) is 12.1 Å². The van der Waals surface area contributed by atoms with Crippen molar-refractivity contribution in [2.45, 2.75) is 25.6 Å². The highest BCUT2D eigenvalue weighted by atomic mass is 16.6. The molecule has 1 unspecified atom stereocenters. The molecule has 2 aromatic rings. The number of benzene rings is 2. The second-order valence-corrected chi connectivity index (χ2v) is 5.78. The highest BCUT2D eigenvalue weighted by Gasteiger charge is 2.21. The Morgan fingerprint density at radius 2 is 1.87 bits per heavy atom. The Hall–Kier alpha value is -2.40. The predicted octanol–water partition coefficient (Wildman–Crippen LogP) is 3.78. The molecule has 0 aliphatic carbocycles. The van der Waals surface area contributed by atoms with Gasteiger partial charge in [0.15, 0.2) is 0 Å². The molecule has 1 saturated heterocycles. The first-order valence-electron chi connectivity index (χ1n) is 7.87. The minimum atomic E-state index is -0.369. The standard InChI is InChI=1S/C18H20N2O3/c21-20(22)17-10-8-16(9-11-17)19-12-4-7-18(13-19)23-14-15-5-2-1-3-6-15/h1-3,5-6,8-11,18H,4,7,12-14H2. The number of non-ortho nitro benzene ring substituents is 1. The highest BCUT2D eigenvalue weighted by Crippen LogP contribution is 2.24. The summed E-state index contributed by atoms with van der Waals surface area (Å²) in [5.41, 5.74) is 2.33. The monoisotopic (exact) mass is 312 g/mol. The van der Waals surface area contributed by atoms with E-state index in [1.165, 1.54) is 5.56 Å². The Bertz CT molecular complexity index is 643. The number of piperidine rings is 1. The Labute approximate surface area is 135 Å². The molecule has 0 spiro atoms. The number of nitro benzene ring substituents is 1. The van der Waals surface area contributed by atoms with Crippen molar-refractivity contribution in [3.8, 4) is 0 Å². The van der Waals surface area contributed by atoms with Gasteiger partial charge in [0.1, 0.15) is 0 Å². The quantitative estimate of drug-likeness (QED) is 0.623. The van der Waals surface area contributed by atoms with Gasteiger partial charge in [-0.2, -0.15) is 0 Å². The molecule has 1 atom stereocenters. The summed E-state index contributed by atoms with van der Waals surface area (Å²) in [6, 6.07) is 16.9. The van der Waals surface area contributed by atoms with Crippen molar-refractivity contribution in [3.05, 3.63) is 70.3 Å². The lowest BCUT2D eigenvalue weighted by Gasteiger charge is -2.34. The molecule has 0 saturated carbocycles. The summed E-state index contributed by atoms with van der Waals surface area (Å²) in [5, 5.41) is 10.7. The Morgan fingerprint density at radius 1 is 1.13 bits per heavy atom. The molecular formula is C18H20N2O3. The molecule has 0 bridgehead atoms. The van der Waals surface area contributed by atoms with Crippen molar-refractivity contribution >= 4 is 11.4 Å². The first-order valence-corrected chi connectivity index (χ1v) is 7.87. The van der Waals surface area contributed by atoms with Crippen molar-refractivity contribution in [3.63, 3.8) is 0 Å². The molecule has 23 heavy (non-hydrogen) atoms. The van der Waals surface area contributed by atoms with Crippen molar-refractivity contribution in [2.75, 3.05) is 18.0 Å². The van der Waals surface area contributed by atoms with Gasteiger partial charge in [-0.3, -0.25) is 10.1 Å². The fourth-order valence-electron chi connectivity index (χ4n) is 2.88. The van der Waals surface area contributed by atoms with E-state index in [9.17, 15) is 10.1 Å². The van der Waals surface area contributed by atoms with Gasteiger partial charge < -0.3 is 9.64 Å². The summed E-state index contributed by atoms with van der Waals surface area (Å²) in [4.78, 5) is 12.6. The third kappa shape index (κ3) is 4.07. The van der Waals surface area contributed by atoms with E-state index in [0.717, 1.165) is 31.6 Å². The van der Waals surface area contributed by atoms with E-state index >= 15 is 0 Å². The maximum atomic E-state index is 10.7. The van der Waals surface area contributed by atoms with Crippen molar-refractivity contribution < 1.29 is 9.66 Å². The third-order valence-electron chi connectivity index (χ3n) is 4.13. The maximum Gasteiger partial charge on any atom is 0.269 e. The largest absolute Gasteiger partial charge is 0.372 e. The summed E-state index contributed by atoms with van der Waals surface area (Å²) >= 11 is 0. The van der Waals surface area contributed by atoms with Crippen LogP contribution in [0.3, 0.4) is 0 Å². The summed E-state index contributed by atoms with van der Waals surface area (Å²) in [7, 11) is 0. The van der Waals surface area contributed by atoms with Crippen LogP contribution in [0.15, 0.2) is 54.6 Å². The van der Waals surface area contributed by atoms with Crippen molar-refractivity contribution in [1.29, 1.82) is 0 Å². The molecule has 1 aliphatic rings.